The molecule has 0 spiro atoms. The molecule has 3 rings (SSSR count). The van der Waals surface area contributed by atoms with Crippen molar-refractivity contribution in [3.8, 4) is 5.69 Å². The van der Waals surface area contributed by atoms with Gasteiger partial charge in [-0.05, 0) is 42.8 Å². The van der Waals surface area contributed by atoms with Gasteiger partial charge in [0.1, 0.15) is 5.76 Å². The maximum atomic E-state index is 5.27. The van der Waals surface area contributed by atoms with Crippen LogP contribution in [0.4, 0.5) is 0 Å². The van der Waals surface area contributed by atoms with Gasteiger partial charge in [0.05, 0.1) is 17.9 Å². The zero-order valence-electron chi connectivity index (χ0n) is 13.5. The molecule has 0 aliphatic heterocycles. The number of aryl methyl sites for hydroxylation is 2. The highest BCUT2D eigenvalue weighted by molar-refractivity contribution is 5.30. The van der Waals surface area contributed by atoms with E-state index in [0.29, 0.717) is 6.54 Å². The van der Waals surface area contributed by atoms with Crippen LogP contribution in [0.15, 0.2) is 34.9 Å². The van der Waals surface area contributed by atoms with Crippen LogP contribution in [0.5, 0.6) is 0 Å². The molecule has 0 amide bonds. The van der Waals surface area contributed by atoms with Crippen LogP contribution >= 0.6 is 0 Å². The molecule has 0 aliphatic carbocycles. The molecule has 7 heteroatoms. The van der Waals surface area contributed by atoms with E-state index in [-0.39, 0.29) is 6.04 Å². The molecule has 0 bridgehead atoms. The Bertz CT molecular complexity index is 744. The normalized spacial score (nSPS) is 12.5. The number of hydrogen-bond acceptors (Lipinski definition) is 6. The standard InChI is InChI=1S/C16H20N6O/c1-4-14(16-11(2)19-23-12(16)3)17-10-15-18-20-21-22(15)13-8-6-5-7-9-13/h5-9,14,17H,4,10H2,1-3H3/t14-/m0/s1. The van der Waals surface area contributed by atoms with Gasteiger partial charge in [-0.25, -0.2) is 0 Å². The van der Waals surface area contributed by atoms with Crippen LogP contribution in [0.2, 0.25) is 0 Å². The Balaban J connectivity index is 1.77. The predicted molar refractivity (Wildman–Crippen MR) is 85.0 cm³/mol. The first-order chi connectivity index (χ1) is 11.2. The predicted octanol–water partition coefficient (Wildman–Crippen LogP) is 2.51. The summed E-state index contributed by atoms with van der Waals surface area (Å²) in [5, 5.41) is 19.5. The minimum atomic E-state index is 0.155. The second kappa shape index (κ2) is 6.70. The molecule has 0 radical (unpaired) electrons. The molecule has 0 aliphatic rings. The van der Waals surface area contributed by atoms with Crippen molar-refractivity contribution in [1.29, 1.82) is 0 Å². The molecule has 1 aromatic carbocycles. The first-order valence-corrected chi connectivity index (χ1v) is 7.69. The van der Waals surface area contributed by atoms with Gasteiger partial charge >= 0.3 is 0 Å². The van der Waals surface area contributed by atoms with Crippen LogP contribution in [0, 0.1) is 13.8 Å². The number of hydrogen-bond donors (Lipinski definition) is 1. The summed E-state index contributed by atoms with van der Waals surface area (Å²) in [5.74, 6) is 1.62. The fourth-order valence-electron chi connectivity index (χ4n) is 2.74. The Kier molecular flexibility index (Phi) is 4.47. The number of aromatic nitrogens is 5. The van der Waals surface area contributed by atoms with Crippen LogP contribution in [0.1, 0.15) is 42.2 Å². The Morgan fingerprint density at radius 3 is 2.65 bits per heavy atom. The number of nitrogens with one attached hydrogen (secondary N) is 1. The van der Waals surface area contributed by atoms with Crippen LogP contribution in [0.3, 0.4) is 0 Å². The fraction of sp³-hybridized carbons (Fsp3) is 0.375. The van der Waals surface area contributed by atoms with Crippen LogP contribution < -0.4 is 5.32 Å². The third-order valence-electron chi connectivity index (χ3n) is 3.89. The molecular weight excluding hydrogens is 292 g/mol. The summed E-state index contributed by atoms with van der Waals surface area (Å²) in [4.78, 5) is 0. The van der Waals surface area contributed by atoms with E-state index in [9.17, 15) is 0 Å². The first kappa shape index (κ1) is 15.4. The number of nitrogens with zero attached hydrogens (tertiary/aromatic N) is 5. The lowest BCUT2D eigenvalue weighted by atomic mass is 10.0. The van der Waals surface area contributed by atoms with Crippen LogP contribution in [0.25, 0.3) is 5.69 Å². The third-order valence-corrected chi connectivity index (χ3v) is 3.89. The lowest BCUT2D eigenvalue weighted by Crippen LogP contribution is -2.23. The molecule has 120 valence electrons. The maximum absolute atomic E-state index is 5.27. The van der Waals surface area contributed by atoms with E-state index in [4.69, 9.17) is 4.52 Å². The highest BCUT2D eigenvalue weighted by Gasteiger charge is 2.19. The van der Waals surface area contributed by atoms with E-state index in [1.54, 1.807) is 4.68 Å². The molecule has 0 fully saturated rings. The summed E-state index contributed by atoms with van der Waals surface area (Å²) in [6, 6.07) is 10.0. The van der Waals surface area contributed by atoms with Crippen molar-refractivity contribution in [3.05, 3.63) is 53.2 Å². The fourth-order valence-corrected chi connectivity index (χ4v) is 2.74. The summed E-state index contributed by atoms with van der Waals surface area (Å²) >= 11 is 0. The topological polar surface area (TPSA) is 81.7 Å². The number of para-hydroxylation sites is 1. The maximum Gasteiger partial charge on any atom is 0.170 e. The van der Waals surface area contributed by atoms with Crippen molar-refractivity contribution in [2.45, 2.75) is 39.8 Å². The third kappa shape index (κ3) is 3.14. The smallest absolute Gasteiger partial charge is 0.170 e. The molecule has 0 saturated heterocycles. The van der Waals surface area contributed by atoms with Gasteiger partial charge in [0, 0.05) is 11.6 Å². The molecule has 0 saturated carbocycles. The van der Waals surface area contributed by atoms with Crippen LogP contribution in [-0.4, -0.2) is 25.4 Å². The minimum Gasteiger partial charge on any atom is -0.361 e. The van der Waals surface area contributed by atoms with Gasteiger partial charge in [0.2, 0.25) is 0 Å². The molecule has 7 nitrogen and oxygen atoms in total. The molecule has 0 unspecified atom stereocenters. The number of rotatable bonds is 6. The highest BCUT2D eigenvalue weighted by atomic mass is 16.5. The second-order valence-corrected chi connectivity index (χ2v) is 5.42. The zero-order valence-corrected chi connectivity index (χ0v) is 13.5. The Morgan fingerprint density at radius 1 is 1.22 bits per heavy atom. The van der Waals surface area contributed by atoms with Gasteiger partial charge in [-0.2, -0.15) is 4.68 Å². The van der Waals surface area contributed by atoms with Crippen LogP contribution in [-0.2, 0) is 6.54 Å². The molecule has 1 atom stereocenters. The summed E-state index contributed by atoms with van der Waals surface area (Å²) in [6.45, 7) is 6.59. The van der Waals surface area contributed by atoms with Gasteiger partial charge < -0.3 is 9.84 Å². The molecule has 3 aromatic rings. The van der Waals surface area contributed by atoms with E-state index in [2.05, 4.69) is 32.9 Å². The van der Waals surface area contributed by atoms with Gasteiger partial charge in [0.25, 0.3) is 0 Å². The SMILES string of the molecule is CC[C@H](NCc1nnnn1-c1ccccc1)c1c(C)noc1C. The molecule has 2 heterocycles. The van der Waals surface area contributed by atoms with Gasteiger partial charge in [-0.15, -0.1) is 5.10 Å². The van der Waals surface area contributed by atoms with E-state index >= 15 is 0 Å². The lowest BCUT2D eigenvalue weighted by molar-refractivity contribution is 0.389. The Morgan fingerprint density at radius 2 is 2.00 bits per heavy atom. The van der Waals surface area contributed by atoms with Crippen molar-refractivity contribution in [3.63, 3.8) is 0 Å². The molecule has 2 aromatic heterocycles. The second-order valence-electron chi connectivity index (χ2n) is 5.42. The van der Waals surface area contributed by atoms with Crippen molar-refractivity contribution in [1.82, 2.24) is 30.7 Å². The van der Waals surface area contributed by atoms with Crippen molar-refractivity contribution < 1.29 is 4.52 Å². The zero-order chi connectivity index (χ0) is 16.2. The summed E-state index contributed by atoms with van der Waals surface area (Å²) < 4.78 is 7.02. The van der Waals surface area contributed by atoms with Crippen molar-refractivity contribution in [2.24, 2.45) is 0 Å². The van der Waals surface area contributed by atoms with E-state index in [1.165, 1.54) is 0 Å². The largest absolute Gasteiger partial charge is 0.361 e. The van der Waals surface area contributed by atoms with E-state index in [0.717, 1.165) is 35.0 Å². The monoisotopic (exact) mass is 312 g/mol. The van der Waals surface area contributed by atoms with Gasteiger partial charge in [0.15, 0.2) is 5.82 Å². The molecular formula is C16H20N6O. The van der Waals surface area contributed by atoms with E-state index in [1.807, 2.05) is 44.2 Å². The quantitative estimate of drug-likeness (QED) is 0.753. The molecule has 1 N–H and O–H groups in total. The first-order valence-electron chi connectivity index (χ1n) is 7.69. The average molecular weight is 312 g/mol. The summed E-state index contributed by atoms with van der Waals surface area (Å²) in [6.07, 6.45) is 0.926. The Labute approximate surface area is 134 Å². The highest BCUT2D eigenvalue weighted by Crippen LogP contribution is 2.24. The number of benzene rings is 1. The van der Waals surface area contributed by atoms with Crippen molar-refractivity contribution in [2.75, 3.05) is 0 Å². The van der Waals surface area contributed by atoms with Gasteiger partial charge in [-0.1, -0.05) is 30.3 Å². The van der Waals surface area contributed by atoms with Gasteiger partial charge in [-0.3, -0.25) is 0 Å². The molecule has 23 heavy (non-hydrogen) atoms. The average Bonchev–Trinajstić information content (AvgIpc) is 3.17. The lowest BCUT2D eigenvalue weighted by Gasteiger charge is -2.16. The minimum absolute atomic E-state index is 0.155. The Hall–Kier alpha value is -2.54. The van der Waals surface area contributed by atoms with E-state index < -0.39 is 0 Å². The van der Waals surface area contributed by atoms with Crippen molar-refractivity contribution >= 4 is 0 Å². The summed E-state index contributed by atoms with van der Waals surface area (Å²) in [5.41, 5.74) is 2.98. The number of tetrazole rings is 1. The summed E-state index contributed by atoms with van der Waals surface area (Å²) in [7, 11) is 0.